The highest BCUT2D eigenvalue weighted by Crippen LogP contribution is 2.17. The third kappa shape index (κ3) is 3.58. The lowest BCUT2D eigenvalue weighted by atomic mass is 10.1. The molecule has 2 rings (SSSR count). The average molecular weight is 260 g/mol. The first-order valence-electron chi connectivity index (χ1n) is 6.56. The minimum absolute atomic E-state index is 0.233. The van der Waals surface area contributed by atoms with Gasteiger partial charge in [-0.25, -0.2) is 0 Å². The van der Waals surface area contributed by atoms with E-state index in [0.29, 0.717) is 6.54 Å². The molecular formula is C15H20N2O2. The molecule has 0 radical (unpaired) electrons. The first-order valence-corrected chi connectivity index (χ1v) is 6.56. The van der Waals surface area contributed by atoms with Crippen LogP contribution >= 0.6 is 0 Å². The number of hydrogen-bond donors (Lipinski definition) is 2. The summed E-state index contributed by atoms with van der Waals surface area (Å²) in [5.74, 6) is 0.862. The van der Waals surface area contributed by atoms with E-state index in [1.54, 1.807) is 0 Å². The zero-order valence-electron chi connectivity index (χ0n) is 11.4. The van der Waals surface area contributed by atoms with Gasteiger partial charge < -0.3 is 14.9 Å². The molecule has 0 atom stereocenters. The van der Waals surface area contributed by atoms with E-state index >= 15 is 0 Å². The fourth-order valence-corrected chi connectivity index (χ4v) is 2.06. The second kappa shape index (κ2) is 6.38. The minimum Gasteiger partial charge on any atom is -0.396 e. The maximum atomic E-state index is 8.85. The van der Waals surface area contributed by atoms with Gasteiger partial charge >= 0.3 is 0 Å². The Labute approximate surface area is 113 Å². The molecule has 2 N–H and O–H groups in total. The smallest absolute Gasteiger partial charge is 0.138 e. The van der Waals surface area contributed by atoms with Crippen molar-refractivity contribution in [3.05, 3.63) is 46.8 Å². The van der Waals surface area contributed by atoms with E-state index in [-0.39, 0.29) is 6.61 Å². The van der Waals surface area contributed by atoms with E-state index in [1.807, 2.05) is 26.0 Å². The molecule has 2 aromatic rings. The molecule has 0 aliphatic carbocycles. The van der Waals surface area contributed by atoms with Gasteiger partial charge in [-0.3, -0.25) is 0 Å². The fourth-order valence-electron chi connectivity index (χ4n) is 2.06. The molecule has 0 unspecified atom stereocenters. The summed E-state index contributed by atoms with van der Waals surface area (Å²) in [6.07, 6.45) is 1.70. The number of anilines is 1. The Balaban J connectivity index is 1.99. The molecule has 4 heteroatoms. The summed E-state index contributed by atoms with van der Waals surface area (Å²) >= 11 is 0. The van der Waals surface area contributed by atoms with Crippen molar-refractivity contribution in [2.45, 2.75) is 33.2 Å². The van der Waals surface area contributed by atoms with Gasteiger partial charge in [-0.05, 0) is 44.4 Å². The third-order valence-corrected chi connectivity index (χ3v) is 3.20. The molecule has 0 fully saturated rings. The molecule has 0 spiro atoms. The number of aliphatic hydroxyl groups excluding tert-OH is 1. The molecule has 19 heavy (non-hydrogen) atoms. The summed E-state index contributed by atoms with van der Waals surface area (Å²) in [6, 6.07) is 8.27. The summed E-state index contributed by atoms with van der Waals surface area (Å²) in [5.41, 5.74) is 4.36. The zero-order chi connectivity index (χ0) is 13.7. The second-order valence-electron chi connectivity index (χ2n) is 4.68. The monoisotopic (exact) mass is 260 g/mol. The summed E-state index contributed by atoms with van der Waals surface area (Å²) in [4.78, 5) is 0. The van der Waals surface area contributed by atoms with Gasteiger partial charge in [-0.1, -0.05) is 17.3 Å². The molecule has 0 saturated heterocycles. The number of hydrogen-bond acceptors (Lipinski definition) is 4. The van der Waals surface area contributed by atoms with Gasteiger partial charge in [0.1, 0.15) is 5.76 Å². The van der Waals surface area contributed by atoms with Crippen LogP contribution in [0.1, 0.15) is 29.0 Å². The lowest BCUT2D eigenvalue weighted by Gasteiger charge is -2.08. The first-order chi connectivity index (χ1) is 9.20. The number of rotatable bonds is 6. The molecule has 0 amide bonds. The van der Waals surface area contributed by atoms with Gasteiger partial charge in [0.15, 0.2) is 0 Å². The van der Waals surface area contributed by atoms with Crippen LogP contribution in [0.5, 0.6) is 0 Å². The van der Waals surface area contributed by atoms with E-state index in [4.69, 9.17) is 9.63 Å². The van der Waals surface area contributed by atoms with Gasteiger partial charge in [0.2, 0.25) is 0 Å². The van der Waals surface area contributed by atoms with Crippen LogP contribution in [0.4, 0.5) is 5.69 Å². The van der Waals surface area contributed by atoms with Crippen molar-refractivity contribution < 1.29 is 9.63 Å². The van der Waals surface area contributed by atoms with Gasteiger partial charge in [0.05, 0.1) is 5.69 Å². The Morgan fingerprint density at radius 3 is 2.84 bits per heavy atom. The van der Waals surface area contributed by atoms with Crippen molar-refractivity contribution in [2.75, 3.05) is 11.9 Å². The van der Waals surface area contributed by atoms with Crippen molar-refractivity contribution in [3.63, 3.8) is 0 Å². The summed E-state index contributed by atoms with van der Waals surface area (Å²) in [7, 11) is 0. The van der Waals surface area contributed by atoms with Crippen molar-refractivity contribution in [2.24, 2.45) is 0 Å². The largest absolute Gasteiger partial charge is 0.396 e. The summed E-state index contributed by atoms with van der Waals surface area (Å²) in [6.45, 7) is 4.82. The molecule has 4 nitrogen and oxygen atoms in total. The second-order valence-corrected chi connectivity index (χ2v) is 4.68. The predicted octanol–water partition coefficient (Wildman–Crippen LogP) is 2.83. The number of aliphatic hydroxyl groups is 1. The van der Waals surface area contributed by atoms with Crippen molar-refractivity contribution in [3.8, 4) is 0 Å². The molecule has 1 heterocycles. The lowest BCUT2D eigenvalue weighted by Crippen LogP contribution is -2.02. The summed E-state index contributed by atoms with van der Waals surface area (Å²) in [5, 5.41) is 16.2. The number of nitrogens with one attached hydrogen (secondary N) is 1. The summed E-state index contributed by atoms with van der Waals surface area (Å²) < 4.78 is 5.14. The average Bonchev–Trinajstić information content (AvgIpc) is 2.74. The number of benzene rings is 1. The van der Waals surface area contributed by atoms with E-state index < -0.39 is 0 Å². The highest BCUT2D eigenvalue weighted by molar-refractivity contribution is 5.46. The van der Waals surface area contributed by atoms with Crippen LogP contribution < -0.4 is 5.32 Å². The maximum absolute atomic E-state index is 8.85. The van der Waals surface area contributed by atoms with Crippen LogP contribution in [0.2, 0.25) is 0 Å². The van der Waals surface area contributed by atoms with Crippen LogP contribution in [0.15, 0.2) is 28.8 Å². The van der Waals surface area contributed by atoms with Gasteiger partial charge in [-0.2, -0.15) is 0 Å². The Morgan fingerprint density at radius 1 is 1.32 bits per heavy atom. The van der Waals surface area contributed by atoms with E-state index in [2.05, 4.69) is 22.6 Å². The molecule has 1 aromatic carbocycles. The van der Waals surface area contributed by atoms with E-state index in [1.165, 1.54) is 5.56 Å². The number of nitrogens with zero attached hydrogens (tertiary/aromatic N) is 1. The third-order valence-electron chi connectivity index (χ3n) is 3.20. The van der Waals surface area contributed by atoms with Crippen LogP contribution in [0.25, 0.3) is 0 Å². The normalized spacial score (nSPS) is 10.7. The minimum atomic E-state index is 0.233. The van der Waals surface area contributed by atoms with Crippen LogP contribution in [0.3, 0.4) is 0 Å². The number of aryl methyl sites for hydroxylation is 3. The quantitative estimate of drug-likeness (QED) is 0.838. The molecule has 0 saturated carbocycles. The topological polar surface area (TPSA) is 58.3 Å². The lowest BCUT2D eigenvalue weighted by molar-refractivity contribution is 0.288. The van der Waals surface area contributed by atoms with E-state index in [9.17, 15) is 0 Å². The Kier molecular flexibility index (Phi) is 4.58. The predicted molar refractivity (Wildman–Crippen MR) is 75.2 cm³/mol. The zero-order valence-corrected chi connectivity index (χ0v) is 11.4. The van der Waals surface area contributed by atoms with Crippen molar-refractivity contribution in [1.29, 1.82) is 0 Å². The van der Waals surface area contributed by atoms with Gasteiger partial charge in [-0.15, -0.1) is 0 Å². The Morgan fingerprint density at radius 2 is 2.16 bits per heavy atom. The fraction of sp³-hybridized carbons (Fsp3) is 0.400. The standard InChI is InChI=1S/C15H20N2O2/c1-11-15(12(2)19-17-11)10-16-14-7-3-5-13(9-14)6-4-8-18/h3,5,7,9,16,18H,4,6,8,10H2,1-2H3. The SMILES string of the molecule is Cc1noc(C)c1CNc1cccc(CCCO)c1. The van der Waals surface area contributed by atoms with Crippen LogP contribution in [-0.2, 0) is 13.0 Å². The highest BCUT2D eigenvalue weighted by Gasteiger charge is 2.08. The van der Waals surface area contributed by atoms with Crippen LogP contribution in [0, 0.1) is 13.8 Å². The van der Waals surface area contributed by atoms with Gasteiger partial charge in [0, 0.05) is 24.4 Å². The van der Waals surface area contributed by atoms with E-state index in [0.717, 1.165) is 35.5 Å². The molecule has 0 aliphatic rings. The van der Waals surface area contributed by atoms with Gasteiger partial charge in [0.25, 0.3) is 0 Å². The van der Waals surface area contributed by atoms with Crippen molar-refractivity contribution >= 4 is 5.69 Å². The first kappa shape index (κ1) is 13.6. The van der Waals surface area contributed by atoms with Crippen molar-refractivity contribution in [1.82, 2.24) is 5.16 Å². The molecule has 0 aliphatic heterocycles. The maximum Gasteiger partial charge on any atom is 0.138 e. The molecule has 0 bridgehead atoms. The Bertz CT molecular complexity index is 515. The molecular weight excluding hydrogens is 240 g/mol. The Hall–Kier alpha value is -1.81. The highest BCUT2D eigenvalue weighted by atomic mass is 16.5. The molecule has 102 valence electrons. The molecule has 1 aromatic heterocycles. The number of aromatic nitrogens is 1. The van der Waals surface area contributed by atoms with Crippen LogP contribution in [-0.4, -0.2) is 16.9 Å².